The molecule has 2 rings (SSSR count). The minimum absolute atomic E-state index is 0.142. The van der Waals surface area contributed by atoms with Gasteiger partial charge in [0, 0.05) is 30.6 Å². The molecule has 2 heterocycles. The van der Waals surface area contributed by atoms with E-state index in [1.165, 1.54) is 6.07 Å². The second-order valence-corrected chi connectivity index (χ2v) is 3.81. The van der Waals surface area contributed by atoms with E-state index in [1.807, 2.05) is 20.0 Å². The maximum Gasteiger partial charge on any atom is 0.251 e. The average molecular weight is 230 g/mol. The molecule has 0 fully saturated rings. The molecular formula is C12H14N4O. The van der Waals surface area contributed by atoms with Gasteiger partial charge in [-0.15, -0.1) is 0 Å². The van der Waals surface area contributed by atoms with Crippen LogP contribution in [-0.4, -0.2) is 22.0 Å². The van der Waals surface area contributed by atoms with Crippen LogP contribution in [0.25, 0.3) is 11.4 Å². The fourth-order valence-corrected chi connectivity index (χ4v) is 1.65. The van der Waals surface area contributed by atoms with E-state index in [1.54, 1.807) is 12.4 Å². The van der Waals surface area contributed by atoms with Crippen LogP contribution >= 0.6 is 0 Å². The Morgan fingerprint density at radius 1 is 1.47 bits per heavy atom. The predicted molar refractivity (Wildman–Crippen MR) is 65.6 cm³/mol. The third-order valence-electron chi connectivity index (χ3n) is 2.43. The van der Waals surface area contributed by atoms with Gasteiger partial charge in [-0.25, -0.2) is 4.98 Å². The average Bonchev–Trinajstić information content (AvgIpc) is 2.29. The molecule has 88 valence electrons. The fourth-order valence-electron chi connectivity index (χ4n) is 1.65. The van der Waals surface area contributed by atoms with Crippen molar-refractivity contribution in [2.45, 2.75) is 13.5 Å². The molecule has 0 unspecified atom stereocenters. The van der Waals surface area contributed by atoms with Gasteiger partial charge in [-0.2, -0.15) is 0 Å². The third kappa shape index (κ3) is 2.57. The van der Waals surface area contributed by atoms with E-state index in [9.17, 15) is 4.79 Å². The molecule has 0 bridgehead atoms. The molecule has 0 aliphatic rings. The lowest BCUT2D eigenvalue weighted by Crippen LogP contribution is -2.15. The van der Waals surface area contributed by atoms with Gasteiger partial charge in [0.2, 0.25) is 0 Å². The molecule has 0 aromatic carbocycles. The Kier molecular flexibility index (Phi) is 3.30. The predicted octanol–water partition coefficient (Wildman–Crippen LogP) is 0.860. The molecule has 2 aromatic rings. The van der Waals surface area contributed by atoms with E-state index < -0.39 is 0 Å². The van der Waals surface area contributed by atoms with Gasteiger partial charge in [0.05, 0.1) is 5.69 Å². The van der Waals surface area contributed by atoms with Gasteiger partial charge in [-0.05, 0) is 25.6 Å². The summed E-state index contributed by atoms with van der Waals surface area (Å²) in [6, 6.07) is 3.34. The Morgan fingerprint density at radius 2 is 2.29 bits per heavy atom. The molecule has 5 heteroatoms. The summed E-state index contributed by atoms with van der Waals surface area (Å²) in [5, 5.41) is 2.98. The highest BCUT2D eigenvalue weighted by Gasteiger charge is 2.06. The van der Waals surface area contributed by atoms with E-state index >= 15 is 0 Å². The van der Waals surface area contributed by atoms with E-state index in [0.29, 0.717) is 12.4 Å². The molecule has 5 nitrogen and oxygen atoms in total. The molecule has 0 spiro atoms. The first kappa shape index (κ1) is 11.5. The van der Waals surface area contributed by atoms with E-state index in [2.05, 4.69) is 20.3 Å². The Morgan fingerprint density at radius 3 is 3.00 bits per heavy atom. The van der Waals surface area contributed by atoms with Crippen molar-refractivity contribution in [2.24, 2.45) is 0 Å². The van der Waals surface area contributed by atoms with Crippen molar-refractivity contribution >= 4 is 0 Å². The van der Waals surface area contributed by atoms with E-state index in [0.717, 1.165) is 16.8 Å². The number of aromatic amines is 1. The molecule has 2 aromatic heterocycles. The topological polar surface area (TPSA) is 70.7 Å². The summed E-state index contributed by atoms with van der Waals surface area (Å²) in [4.78, 5) is 22.7. The lowest BCUT2D eigenvalue weighted by atomic mass is 10.1. The number of H-pyrrole nitrogens is 1. The second-order valence-electron chi connectivity index (χ2n) is 3.81. The number of nitrogens with zero attached hydrogens (tertiary/aromatic N) is 2. The second kappa shape index (κ2) is 4.88. The molecule has 17 heavy (non-hydrogen) atoms. The number of aromatic nitrogens is 3. The largest absolute Gasteiger partial charge is 0.314 e. The van der Waals surface area contributed by atoms with Gasteiger partial charge in [-0.3, -0.25) is 9.78 Å². The molecule has 0 saturated heterocycles. The van der Waals surface area contributed by atoms with E-state index in [-0.39, 0.29) is 5.56 Å². The van der Waals surface area contributed by atoms with Crippen molar-refractivity contribution in [1.82, 2.24) is 20.3 Å². The van der Waals surface area contributed by atoms with Crippen molar-refractivity contribution in [3.8, 4) is 11.4 Å². The SMILES string of the molecule is CNCc1cc(=O)[nH]c(-c2ccncc2C)n1. The maximum absolute atomic E-state index is 11.5. The quantitative estimate of drug-likeness (QED) is 0.820. The van der Waals surface area contributed by atoms with Crippen molar-refractivity contribution in [3.63, 3.8) is 0 Å². The van der Waals surface area contributed by atoms with Crippen LogP contribution in [0.4, 0.5) is 0 Å². The minimum Gasteiger partial charge on any atom is -0.314 e. The lowest BCUT2D eigenvalue weighted by Gasteiger charge is -2.06. The summed E-state index contributed by atoms with van der Waals surface area (Å²) in [7, 11) is 1.82. The first-order valence-corrected chi connectivity index (χ1v) is 5.36. The Bertz CT molecular complexity index is 577. The van der Waals surface area contributed by atoms with Crippen molar-refractivity contribution in [1.29, 1.82) is 0 Å². The van der Waals surface area contributed by atoms with Crippen LogP contribution in [0, 0.1) is 6.92 Å². The standard InChI is InChI=1S/C12H14N4O/c1-8-6-14-4-3-10(8)12-15-9(7-13-2)5-11(17)16-12/h3-6,13H,7H2,1-2H3,(H,15,16,17). The highest BCUT2D eigenvalue weighted by Crippen LogP contribution is 2.16. The van der Waals surface area contributed by atoms with Gasteiger partial charge < -0.3 is 10.3 Å². The van der Waals surface area contributed by atoms with Crippen molar-refractivity contribution < 1.29 is 0 Å². The van der Waals surface area contributed by atoms with Gasteiger partial charge in [0.1, 0.15) is 5.82 Å². The molecular weight excluding hydrogens is 216 g/mol. The minimum atomic E-state index is -0.142. The summed E-state index contributed by atoms with van der Waals surface area (Å²) < 4.78 is 0. The number of hydrogen-bond donors (Lipinski definition) is 2. The summed E-state index contributed by atoms with van der Waals surface area (Å²) in [6.45, 7) is 2.51. The number of rotatable bonds is 3. The van der Waals surface area contributed by atoms with E-state index in [4.69, 9.17) is 0 Å². The first-order valence-electron chi connectivity index (χ1n) is 5.36. The lowest BCUT2D eigenvalue weighted by molar-refractivity contribution is 0.785. The molecule has 0 amide bonds. The molecule has 2 N–H and O–H groups in total. The fraction of sp³-hybridized carbons (Fsp3) is 0.250. The van der Waals surface area contributed by atoms with Crippen molar-refractivity contribution in [3.05, 3.63) is 46.1 Å². The highest BCUT2D eigenvalue weighted by atomic mass is 16.1. The monoisotopic (exact) mass is 230 g/mol. The molecule has 0 aliphatic carbocycles. The summed E-state index contributed by atoms with van der Waals surface area (Å²) >= 11 is 0. The summed E-state index contributed by atoms with van der Waals surface area (Å²) in [5.41, 5.74) is 2.46. The van der Waals surface area contributed by atoms with Crippen LogP contribution in [0.5, 0.6) is 0 Å². The Balaban J connectivity index is 2.52. The highest BCUT2D eigenvalue weighted by molar-refractivity contribution is 5.58. The Hall–Kier alpha value is -2.01. The van der Waals surface area contributed by atoms with Gasteiger partial charge in [-0.1, -0.05) is 0 Å². The zero-order valence-corrected chi connectivity index (χ0v) is 9.82. The van der Waals surface area contributed by atoms with Gasteiger partial charge in [0.15, 0.2) is 0 Å². The zero-order chi connectivity index (χ0) is 12.3. The van der Waals surface area contributed by atoms with Crippen LogP contribution in [0.2, 0.25) is 0 Å². The van der Waals surface area contributed by atoms with Gasteiger partial charge >= 0.3 is 0 Å². The number of nitrogens with one attached hydrogen (secondary N) is 2. The number of hydrogen-bond acceptors (Lipinski definition) is 4. The molecule has 0 atom stereocenters. The summed E-state index contributed by atoms with van der Waals surface area (Å²) in [5.74, 6) is 0.586. The number of aryl methyl sites for hydroxylation is 1. The molecule has 0 aliphatic heterocycles. The third-order valence-corrected chi connectivity index (χ3v) is 2.43. The van der Waals surface area contributed by atoms with Crippen molar-refractivity contribution in [2.75, 3.05) is 7.05 Å². The first-order chi connectivity index (χ1) is 8.20. The maximum atomic E-state index is 11.5. The van der Waals surface area contributed by atoms with Crippen LogP contribution in [0.1, 0.15) is 11.3 Å². The van der Waals surface area contributed by atoms with Crippen LogP contribution in [-0.2, 0) is 6.54 Å². The number of pyridine rings is 1. The van der Waals surface area contributed by atoms with Gasteiger partial charge in [0.25, 0.3) is 5.56 Å². The zero-order valence-electron chi connectivity index (χ0n) is 9.82. The molecule has 0 radical (unpaired) electrons. The van der Waals surface area contributed by atoms with Crippen LogP contribution < -0.4 is 10.9 Å². The summed E-state index contributed by atoms with van der Waals surface area (Å²) in [6.07, 6.45) is 3.44. The van der Waals surface area contributed by atoms with Crippen LogP contribution in [0.15, 0.2) is 29.3 Å². The van der Waals surface area contributed by atoms with Crippen LogP contribution in [0.3, 0.4) is 0 Å². The smallest absolute Gasteiger partial charge is 0.251 e. The Labute approximate surface area is 99.0 Å². The normalized spacial score (nSPS) is 10.5. The molecule has 0 saturated carbocycles.